The van der Waals surface area contributed by atoms with Crippen LogP contribution in [0.4, 0.5) is 0 Å². The van der Waals surface area contributed by atoms with E-state index in [0.29, 0.717) is 13.0 Å². The number of amides is 2. The van der Waals surface area contributed by atoms with E-state index >= 15 is 0 Å². The summed E-state index contributed by atoms with van der Waals surface area (Å²) in [7, 11) is 0. The third-order valence-electron chi connectivity index (χ3n) is 4.52. The average molecular weight is 392 g/mol. The molecule has 0 saturated heterocycles. The number of aromatic hydroxyl groups is 1. The van der Waals surface area contributed by atoms with E-state index in [4.69, 9.17) is 5.21 Å². The summed E-state index contributed by atoms with van der Waals surface area (Å²) in [5, 5.41) is 24.2. The van der Waals surface area contributed by atoms with Gasteiger partial charge in [0.05, 0.1) is 6.04 Å². The largest absolute Gasteiger partial charge is 0.508 e. The van der Waals surface area contributed by atoms with Gasteiger partial charge < -0.3 is 15.7 Å². The molecular formula is C19H22ClN3O4. The van der Waals surface area contributed by atoms with Crippen LogP contribution in [0.2, 0.25) is 0 Å². The van der Waals surface area contributed by atoms with Gasteiger partial charge >= 0.3 is 0 Å². The number of hydroxylamine groups is 1. The van der Waals surface area contributed by atoms with Gasteiger partial charge in [0, 0.05) is 13.0 Å². The van der Waals surface area contributed by atoms with Crippen molar-refractivity contribution in [3.05, 3.63) is 65.2 Å². The summed E-state index contributed by atoms with van der Waals surface area (Å²) < 4.78 is 0. The van der Waals surface area contributed by atoms with Gasteiger partial charge in [0.15, 0.2) is 0 Å². The first-order valence-electron chi connectivity index (χ1n) is 8.39. The van der Waals surface area contributed by atoms with E-state index in [0.717, 1.165) is 16.7 Å². The van der Waals surface area contributed by atoms with Crippen molar-refractivity contribution < 1.29 is 19.9 Å². The first kappa shape index (κ1) is 20.7. The lowest BCUT2D eigenvalue weighted by Gasteiger charge is -2.27. The molecule has 8 heteroatoms. The molecule has 2 atom stereocenters. The van der Waals surface area contributed by atoms with Crippen LogP contribution in [-0.2, 0) is 29.0 Å². The van der Waals surface area contributed by atoms with Gasteiger partial charge in [-0.25, -0.2) is 5.48 Å². The minimum absolute atomic E-state index is 0. The van der Waals surface area contributed by atoms with Crippen molar-refractivity contribution in [2.75, 3.05) is 0 Å². The van der Waals surface area contributed by atoms with Crippen molar-refractivity contribution in [2.24, 2.45) is 0 Å². The molecule has 7 nitrogen and oxygen atoms in total. The molecule has 0 unspecified atom stereocenters. The Morgan fingerprint density at radius 2 is 1.78 bits per heavy atom. The summed E-state index contributed by atoms with van der Waals surface area (Å²) in [6.45, 7) is 0.586. The quantitative estimate of drug-likeness (QED) is 0.386. The summed E-state index contributed by atoms with van der Waals surface area (Å²) in [4.78, 5) is 24.6. The standard InChI is InChI=1S/C19H21N3O4.ClH/c23-15-7-5-12(6-8-15)9-17(19(25)22-26)21-18(24)16-10-13-3-1-2-4-14(13)11-20-16;/h1-8,16-17,20,23,26H,9-11H2,(H,21,24)(H,22,25);1H/t16-,17-;/m0./s1. The topological polar surface area (TPSA) is 111 Å². The third-order valence-corrected chi connectivity index (χ3v) is 4.52. The van der Waals surface area contributed by atoms with E-state index in [-0.39, 0.29) is 30.5 Å². The molecule has 1 aliphatic heterocycles. The lowest BCUT2D eigenvalue weighted by molar-refractivity contribution is -0.135. The predicted molar refractivity (Wildman–Crippen MR) is 102 cm³/mol. The second-order valence-electron chi connectivity index (χ2n) is 6.31. The summed E-state index contributed by atoms with van der Waals surface area (Å²) >= 11 is 0. The average Bonchev–Trinajstić information content (AvgIpc) is 2.68. The summed E-state index contributed by atoms with van der Waals surface area (Å²) in [5.74, 6) is -0.875. The van der Waals surface area contributed by atoms with E-state index in [9.17, 15) is 14.7 Å². The highest BCUT2D eigenvalue weighted by molar-refractivity contribution is 5.89. The molecule has 2 amide bonds. The molecule has 27 heavy (non-hydrogen) atoms. The van der Waals surface area contributed by atoms with Gasteiger partial charge in [-0.15, -0.1) is 12.4 Å². The highest BCUT2D eigenvalue weighted by atomic mass is 35.5. The van der Waals surface area contributed by atoms with Crippen molar-refractivity contribution in [3.63, 3.8) is 0 Å². The van der Waals surface area contributed by atoms with E-state index in [1.807, 2.05) is 24.3 Å². The molecule has 144 valence electrons. The molecule has 0 fully saturated rings. The van der Waals surface area contributed by atoms with E-state index in [2.05, 4.69) is 10.6 Å². The van der Waals surface area contributed by atoms with E-state index < -0.39 is 18.0 Å². The SMILES string of the molecule is Cl.O=C(N[C@@H](Cc1ccc(O)cc1)C(=O)NO)[C@@H]1Cc2ccccc2CN1. The Morgan fingerprint density at radius 3 is 2.44 bits per heavy atom. The normalized spacial score (nSPS) is 16.4. The Labute approximate surface area is 163 Å². The molecule has 0 spiro atoms. The molecule has 0 bridgehead atoms. The van der Waals surface area contributed by atoms with Gasteiger partial charge in [0.1, 0.15) is 11.8 Å². The van der Waals surface area contributed by atoms with Gasteiger partial charge in [-0.05, 0) is 35.2 Å². The zero-order chi connectivity index (χ0) is 18.5. The van der Waals surface area contributed by atoms with Crippen LogP contribution >= 0.6 is 12.4 Å². The van der Waals surface area contributed by atoms with Crippen molar-refractivity contribution in [3.8, 4) is 5.75 Å². The number of benzene rings is 2. The van der Waals surface area contributed by atoms with Crippen molar-refractivity contribution in [1.82, 2.24) is 16.1 Å². The minimum Gasteiger partial charge on any atom is -0.508 e. The minimum atomic E-state index is -0.920. The molecule has 5 N–H and O–H groups in total. The number of carbonyl (C=O) groups excluding carboxylic acids is 2. The molecule has 1 heterocycles. The zero-order valence-corrected chi connectivity index (χ0v) is 15.3. The number of carbonyl (C=O) groups is 2. The van der Waals surface area contributed by atoms with Crippen molar-refractivity contribution in [2.45, 2.75) is 31.5 Å². The highest BCUT2D eigenvalue weighted by Crippen LogP contribution is 2.17. The Hall–Kier alpha value is -2.61. The van der Waals surface area contributed by atoms with Crippen LogP contribution in [0.5, 0.6) is 5.75 Å². The molecule has 0 saturated carbocycles. The number of phenolic OH excluding ortho intramolecular Hbond substituents is 1. The lowest BCUT2D eigenvalue weighted by Crippen LogP contribution is -2.54. The zero-order valence-electron chi connectivity index (χ0n) is 14.5. The summed E-state index contributed by atoms with van der Waals surface area (Å²) in [5.41, 5.74) is 4.61. The maximum absolute atomic E-state index is 12.6. The van der Waals surface area contributed by atoms with Crippen LogP contribution in [-0.4, -0.2) is 34.2 Å². The number of hydrogen-bond acceptors (Lipinski definition) is 5. The first-order chi connectivity index (χ1) is 12.6. The number of halogens is 1. The van der Waals surface area contributed by atoms with Crippen LogP contribution in [0.1, 0.15) is 16.7 Å². The fourth-order valence-corrected chi connectivity index (χ4v) is 3.07. The Morgan fingerprint density at radius 1 is 1.11 bits per heavy atom. The first-order valence-corrected chi connectivity index (χ1v) is 8.39. The van der Waals surface area contributed by atoms with E-state index in [1.54, 1.807) is 17.6 Å². The third kappa shape index (κ3) is 5.19. The predicted octanol–water partition coefficient (Wildman–Crippen LogP) is 1.06. The van der Waals surface area contributed by atoms with Crippen LogP contribution in [0.3, 0.4) is 0 Å². The number of phenols is 1. The number of rotatable bonds is 5. The number of fused-ring (bicyclic) bond motifs is 1. The maximum Gasteiger partial charge on any atom is 0.266 e. The Bertz CT molecular complexity index is 798. The molecule has 0 aliphatic carbocycles. The van der Waals surface area contributed by atoms with Crippen molar-refractivity contribution >= 4 is 24.2 Å². The molecule has 0 radical (unpaired) electrons. The lowest BCUT2D eigenvalue weighted by atomic mass is 9.95. The van der Waals surface area contributed by atoms with Gasteiger partial charge in [-0.2, -0.15) is 0 Å². The number of nitrogens with one attached hydrogen (secondary N) is 3. The van der Waals surface area contributed by atoms with Gasteiger partial charge in [-0.3, -0.25) is 14.8 Å². The molecule has 1 aliphatic rings. The smallest absolute Gasteiger partial charge is 0.266 e. The maximum atomic E-state index is 12.6. The van der Waals surface area contributed by atoms with Crippen LogP contribution in [0, 0.1) is 0 Å². The molecule has 2 aromatic carbocycles. The van der Waals surface area contributed by atoms with Crippen LogP contribution in [0.15, 0.2) is 48.5 Å². The second-order valence-corrected chi connectivity index (χ2v) is 6.31. The Balaban J connectivity index is 0.00000261. The molecule has 2 aromatic rings. The molecule has 3 rings (SSSR count). The molecule has 0 aromatic heterocycles. The second kappa shape index (κ2) is 9.36. The number of hydrogen-bond donors (Lipinski definition) is 5. The van der Waals surface area contributed by atoms with Crippen LogP contribution < -0.4 is 16.1 Å². The molecular weight excluding hydrogens is 370 g/mol. The van der Waals surface area contributed by atoms with Crippen LogP contribution in [0.25, 0.3) is 0 Å². The summed E-state index contributed by atoms with van der Waals surface area (Å²) in [6.07, 6.45) is 0.733. The van der Waals surface area contributed by atoms with Gasteiger partial charge in [0.25, 0.3) is 5.91 Å². The highest BCUT2D eigenvalue weighted by Gasteiger charge is 2.28. The van der Waals surface area contributed by atoms with Gasteiger partial charge in [-0.1, -0.05) is 36.4 Å². The fraction of sp³-hybridized carbons (Fsp3) is 0.263. The monoisotopic (exact) mass is 391 g/mol. The van der Waals surface area contributed by atoms with E-state index in [1.165, 1.54) is 12.1 Å². The van der Waals surface area contributed by atoms with Gasteiger partial charge in [0.2, 0.25) is 5.91 Å². The van der Waals surface area contributed by atoms with Crippen molar-refractivity contribution in [1.29, 1.82) is 0 Å². The Kier molecular flexibility index (Phi) is 7.18. The summed E-state index contributed by atoms with van der Waals surface area (Å²) in [6, 6.07) is 12.9. The fourth-order valence-electron chi connectivity index (χ4n) is 3.07.